The highest BCUT2D eigenvalue weighted by atomic mass is 16.1. The van der Waals surface area contributed by atoms with Gasteiger partial charge >= 0.3 is 0 Å². The average Bonchev–Trinajstić information content (AvgIpc) is 2.47. The van der Waals surface area contributed by atoms with Crippen LogP contribution in [0.4, 0.5) is 5.69 Å². The molecule has 0 atom stereocenters. The predicted molar refractivity (Wildman–Crippen MR) is 84.7 cm³/mol. The van der Waals surface area contributed by atoms with Crippen LogP contribution in [0.25, 0.3) is 6.08 Å². The van der Waals surface area contributed by atoms with E-state index < -0.39 is 0 Å². The quantitative estimate of drug-likeness (QED) is 0.824. The molecule has 2 aromatic rings. The van der Waals surface area contributed by atoms with Gasteiger partial charge in [0.15, 0.2) is 0 Å². The van der Waals surface area contributed by atoms with E-state index >= 15 is 0 Å². The maximum atomic E-state index is 11.8. The molecular weight excluding hydrogens is 246 g/mol. The molecule has 1 amide bonds. The van der Waals surface area contributed by atoms with Gasteiger partial charge < -0.3 is 5.32 Å². The Bertz CT molecular complexity index is 594. The first-order chi connectivity index (χ1) is 9.67. The molecule has 0 spiro atoms. The molecule has 0 aliphatic heterocycles. The molecule has 1 N–H and O–H groups in total. The number of anilines is 1. The minimum atomic E-state index is -0.116. The number of nitrogens with one attached hydrogen (secondary N) is 1. The summed E-state index contributed by atoms with van der Waals surface area (Å²) >= 11 is 0. The van der Waals surface area contributed by atoms with Crippen LogP contribution in [0.15, 0.2) is 54.6 Å². The highest BCUT2D eigenvalue weighted by Gasteiger charge is 1.98. The highest BCUT2D eigenvalue weighted by Crippen LogP contribution is 2.10. The Morgan fingerprint density at radius 1 is 1.05 bits per heavy atom. The maximum Gasteiger partial charge on any atom is 0.248 e. The lowest BCUT2D eigenvalue weighted by Gasteiger charge is -2.03. The molecule has 102 valence electrons. The highest BCUT2D eigenvalue weighted by molar-refractivity contribution is 6.01. The van der Waals surface area contributed by atoms with E-state index in [9.17, 15) is 4.79 Å². The van der Waals surface area contributed by atoms with Crippen LogP contribution in [0.2, 0.25) is 0 Å². The third-order valence-electron chi connectivity index (χ3n) is 3.13. The van der Waals surface area contributed by atoms with Gasteiger partial charge in [0.25, 0.3) is 0 Å². The van der Waals surface area contributed by atoms with Crippen LogP contribution in [0.5, 0.6) is 0 Å². The SMILES string of the molecule is CCc1ccc(NC(=O)/C=C/c2ccc(C)cc2)cc1. The van der Waals surface area contributed by atoms with Crippen molar-refractivity contribution in [2.75, 3.05) is 5.32 Å². The van der Waals surface area contributed by atoms with Crippen LogP contribution in [0.1, 0.15) is 23.6 Å². The summed E-state index contributed by atoms with van der Waals surface area (Å²) in [5.41, 5.74) is 4.31. The molecule has 0 aromatic heterocycles. The van der Waals surface area contributed by atoms with E-state index in [-0.39, 0.29) is 5.91 Å². The fraction of sp³-hybridized carbons (Fsp3) is 0.167. The second kappa shape index (κ2) is 6.71. The minimum Gasteiger partial charge on any atom is -0.323 e. The van der Waals surface area contributed by atoms with Crippen LogP contribution < -0.4 is 5.32 Å². The number of carbonyl (C=O) groups is 1. The van der Waals surface area contributed by atoms with Crippen molar-refractivity contribution in [3.8, 4) is 0 Å². The van der Waals surface area contributed by atoms with Crippen molar-refractivity contribution in [3.63, 3.8) is 0 Å². The van der Waals surface area contributed by atoms with E-state index in [1.54, 1.807) is 6.08 Å². The standard InChI is InChI=1S/C18H19NO/c1-3-15-8-11-17(12-9-15)19-18(20)13-10-16-6-4-14(2)5-7-16/h4-13H,3H2,1-2H3,(H,19,20)/b13-10+. The van der Waals surface area contributed by atoms with Gasteiger partial charge in [-0.05, 0) is 42.7 Å². The van der Waals surface area contributed by atoms with Crippen molar-refractivity contribution in [2.24, 2.45) is 0 Å². The molecule has 0 aliphatic carbocycles. The number of amides is 1. The number of rotatable bonds is 4. The third kappa shape index (κ3) is 4.09. The first-order valence-electron chi connectivity index (χ1n) is 6.82. The summed E-state index contributed by atoms with van der Waals surface area (Å²) in [5, 5.41) is 2.85. The lowest BCUT2D eigenvalue weighted by molar-refractivity contribution is -0.111. The Hall–Kier alpha value is -2.35. The molecule has 0 fully saturated rings. The first kappa shape index (κ1) is 14.1. The molecule has 0 radical (unpaired) electrons. The van der Waals surface area contributed by atoms with Crippen molar-refractivity contribution in [2.45, 2.75) is 20.3 Å². The molecule has 0 saturated heterocycles. The Morgan fingerprint density at radius 3 is 2.30 bits per heavy atom. The number of hydrogen-bond donors (Lipinski definition) is 1. The topological polar surface area (TPSA) is 29.1 Å². The van der Waals surface area contributed by atoms with Gasteiger partial charge in [-0.2, -0.15) is 0 Å². The number of carbonyl (C=O) groups excluding carboxylic acids is 1. The zero-order valence-electron chi connectivity index (χ0n) is 11.9. The van der Waals surface area contributed by atoms with Gasteiger partial charge in [-0.1, -0.05) is 48.9 Å². The van der Waals surface area contributed by atoms with Crippen LogP contribution in [-0.2, 0) is 11.2 Å². The van der Waals surface area contributed by atoms with E-state index in [2.05, 4.69) is 12.2 Å². The summed E-state index contributed by atoms with van der Waals surface area (Å²) in [7, 11) is 0. The largest absolute Gasteiger partial charge is 0.323 e. The van der Waals surface area contributed by atoms with E-state index in [4.69, 9.17) is 0 Å². The predicted octanol–water partition coefficient (Wildman–Crippen LogP) is 4.21. The van der Waals surface area contributed by atoms with Gasteiger partial charge in [-0.25, -0.2) is 0 Å². The molecule has 2 aromatic carbocycles. The Labute approximate surface area is 120 Å². The van der Waals surface area contributed by atoms with Gasteiger partial charge in [0, 0.05) is 11.8 Å². The number of aryl methyl sites for hydroxylation is 2. The van der Waals surface area contributed by atoms with Gasteiger partial charge in [0.2, 0.25) is 5.91 Å². The average molecular weight is 265 g/mol. The van der Waals surface area contributed by atoms with E-state index in [1.807, 2.05) is 61.5 Å². The molecule has 2 heteroatoms. The van der Waals surface area contributed by atoms with Crippen LogP contribution >= 0.6 is 0 Å². The Balaban J connectivity index is 1.96. The van der Waals surface area contributed by atoms with E-state index in [1.165, 1.54) is 11.1 Å². The molecule has 2 nitrogen and oxygen atoms in total. The summed E-state index contributed by atoms with van der Waals surface area (Å²) in [6.45, 7) is 4.15. The number of hydrogen-bond acceptors (Lipinski definition) is 1. The Morgan fingerprint density at radius 2 is 1.70 bits per heavy atom. The zero-order chi connectivity index (χ0) is 14.4. The summed E-state index contributed by atoms with van der Waals surface area (Å²) in [4.78, 5) is 11.8. The molecule has 20 heavy (non-hydrogen) atoms. The molecule has 0 bridgehead atoms. The van der Waals surface area contributed by atoms with E-state index in [0.717, 1.165) is 17.7 Å². The van der Waals surface area contributed by atoms with Crippen LogP contribution in [0.3, 0.4) is 0 Å². The fourth-order valence-corrected chi connectivity index (χ4v) is 1.86. The second-order valence-electron chi connectivity index (χ2n) is 4.78. The zero-order valence-corrected chi connectivity index (χ0v) is 11.9. The van der Waals surface area contributed by atoms with Crippen LogP contribution in [0, 0.1) is 6.92 Å². The molecule has 0 unspecified atom stereocenters. The van der Waals surface area contributed by atoms with Gasteiger partial charge in [-0.15, -0.1) is 0 Å². The lowest BCUT2D eigenvalue weighted by Crippen LogP contribution is -2.07. The molecule has 0 saturated carbocycles. The monoisotopic (exact) mass is 265 g/mol. The van der Waals surface area contributed by atoms with Crippen molar-refractivity contribution >= 4 is 17.7 Å². The van der Waals surface area contributed by atoms with Gasteiger partial charge in [0.1, 0.15) is 0 Å². The minimum absolute atomic E-state index is 0.116. The summed E-state index contributed by atoms with van der Waals surface area (Å²) in [6, 6.07) is 16.0. The maximum absolute atomic E-state index is 11.8. The molecule has 0 heterocycles. The van der Waals surface area contributed by atoms with Gasteiger partial charge in [0.05, 0.1) is 0 Å². The summed E-state index contributed by atoms with van der Waals surface area (Å²) in [5.74, 6) is -0.116. The van der Waals surface area contributed by atoms with Crippen molar-refractivity contribution < 1.29 is 4.79 Å². The van der Waals surface area contributed by atoms with Crippen molar-refractivity contribution in [1.29, 1.82) is 0 Å². The van der Waals surface area contributed by atoms with E-state index in [0.29, 0.717) is 0 Å². The fourth-order valence-electron chi connectivity index (χ4n) is 1.86. The van der Waals surface area contributed by atoms with Crippen LogP contribution in [-0.4, -0.2) is 5.91 Å². The Kier molecular flexibility index (Phi) is 4.72. The summed E-state index contributed by atoms with van der Waals surface area (Å²) in [6.07, 6.45) is 4.37. The lowest BCUT2D eigenvalue weighted by atomic mass is 10.1. The third-order valence-corrected chi connectivity index (χ3v) is 3.13. The number of benzene rings is 2. The smallest absolute Gasteiger partial charge is 0.248 e. The second-order valence-corrected chi connectivity index (χ2v) is 4.78. The molecule has 0 aliphatic rings. The normalized spacial score (nSPS) is 10.7. The molecular formula is C18H19NO. The van der Waals surface area contributed by atoms with Crippen molar-refractivity contribution in [3.05, 3.63) is 71.3 Å². The summed E-state index contributed by atoms with van der Waals surface area (Å²) < 4.78 is 0. The van der Waals surface area contributed by atoms with Gasteiger partial charge in [-0.3, -0.25) is 4.79 Å². The first-order valence-corrected chi connectivity index (χ1v) is 6.82. The van der Waals surface area contributed by atoms with Crippen molar-refractivity contribution in [1.82, 2.24) is 0 Å². The molecule has 2 rings (SSSR count).